The first-order valence-electron chi connectivity index (χ1n) is 11.4. The number of amides is 1. The zero-order valence-corrected chi connectivity index (χ0v) is 19.2. The number of benzene rings is 2. The molecule has 1 N–H and O–H groups in total. The van der Waals surface area contributed by atoms with Gasteiger partial charge in [-0.25, -0.2) is 8.42 Å². The molecule has 172 valence electrons. The van der Waals surface area contributed by atoms with Crippen LogP contribution in [0.4, 0.5) is 5.69 Å². The van der Waals surface area contributed by atoms with Crippen molar-refractivity contribution >= 4 is 21.6 Å². The van der Waals surface area contributed by atoms with Crippen LogP contribution in [0.5, 0.6) is 0 Å². The maximum Gasteiger partial charge on any atom is 0.243 e. The highest BCUT2D eigenvalue weighted by Crippen LogP contribution is 2.32. The Hall–Kier alpha value is -2.94. The van der Waals surface area contributed by atoms with Crippen LogP contribution in [-0.4, -0.2) is 54.3 Å². The van der Waals surface area contributed by atoms with Crippen LogP contribution in [0.1, 0.15) is 30.1 Å². The summed E-state index contributed by atoms with van der Waals surface area (Å²) in [5.41, 5.74) is 2.81. The van der Waals surface area contributed by atoms with Gasteiger partial charge >= 0.3 is 0 Å². The fourth-order valence-electron chi connectivity index (χ4n) is 4.82. The normalized spacial score (nSPS) is 19.3. The van der Waals surface area contributed by atoms with Gasteiger partial charge in [0.15, 0.2) is 0 Å². The van der Waals surface area contributed by atoms with E-state index < -0.39 is 10.0 Å². The van der Waals surface area contributed by atoms with Crippen LogP contribution in [0.2, 0.25) is 0 Å². The molecule has 0 radical (unpaired) electrons. The number of rotatable bonds is 6. The van der Waals surface area contributed by atoms with Crippen LogP contribution >= 0.6 is 0 Å². The summed E-state index contributed by atoms with van der Waals surface area (Å²) < 4.78 is 29.5. The van der Waals surface area contributed by atoms with E-state index in [2.05, 4.69) is 39.2 Å². The van der Waals surface area contributed by atoms with Gasteiger partial charge in [-0.3, -0.25) is 9.69 Å². The molecular weight excluding hydrogens is 436 g/mol. The molecule has 33 heavy (non-hydrogen) atoms. The number of aromatic nitrogens is 1. The highest BCUT2D eigenvalue weighted by atomic mass is 32.2. The number of hydrogen-bond donors (Lipinski definition) is 1. The van der Waals surface area contributed by atoms with Crippen molar-refractivity contribution < 1.29 is 13.2 Å². The molecule has 0 spiro atoms. The summed E-state index contributed by atoms with van der Waals surface area (Å²) in [7, 11) is -3.53. The number of nitrogens with zero attached hydrogens (tertiary/aromatic N) is 3. The minimum atomic E-state index is -3.53. The topological polar surface area (TPSA) is 74.6 Å². The van der Waals surface area contributed by atoms with E-state index in [-0.39, 0.29) is 23.4 Å². The number of anilines is 1. The molecule has 8 heteroatoms. The van der Waals surface area contributed by atoms with Crippen molar-refractivity contribution in [1.29, 1.82) is 0 Å². The second kappa shape index (κ2) is 9.13. The van der Waals surface area contributed by atoms with Gasteiger partial charge in [-0.15, -0.1) is 0 Å². The molecule has 1 amide bonds. The highest BCUT2D eigenvalue weighted by Gasteiger charge is 2.30. The van der Waals surface area contributed by atoms with Gasteiger partial charge in [-0.05, 0) is 48.7 Å². The molecule has 3 aromatic rings. The third-order valence-corrected chi connectivity index (χ3v) is 8.32. The molecule has 7 nitrogen and oxygen atoms in total. The van der Waals surface area contributed by atoms with Crippen molar-refractivity contribution in [2.45, 2.75) is 30.3 Å². The second-order valence-electron chi connectivity index (χ2n) is 8.60. The van der Waals surface area contributed by atoms with E-state index >= 15 is 0 Å². The molecule has 2 aliphatic rings. The first kappa shape index (κ1) is 21.9. The second-order valence-corrected chi connectivity index (χ2v) is 10.5. The van der Waals surface area contributed by atoms with Gasteiger partial charge < -0.3 is 9.88 Å². The molecule has 5 rings (SSSR count). The lowest BCUT2D eigenvalue weighted by atomic mass is 10.00. The van der Waals surface area contributed by atoms with E-state index in [9.17, 15) is 13.2 Å². The first-order chi connectivity index (χ1) is 16.0. The van der Waals surface area contributed by atoms with Gasteiger partial charge in [-0.1, -0.05) is 36.4 Å². The average Bonchev–Trinajstić information content (AvgIpc) is 3.52. The maximum atomic E-state index is 13.0. The molecular formula is C25H28N4O3S. The third-order valence-electron chi connectivity index (χ3n) is 6.42. The molecule has 0 saturated carbocycles. The average molecular weight is 465 g/mol. The smallest absolute Gasteiger partial charge is 0.243 e. The molecule has 1 unspecified atom stereocenters. The van der Waals surface area contributed by atoms with Crippen molar-refractivity contribution in [2.75, 3.05) is 31.5 Å². The Morgan fingerprint density at radius 3 is 2.48 bits per heavy atom. The Morgan fingerprint density at radius 2 is 1.70 bits per heavy atom. The number of carbonyl (C=O) groups is 1. The minimum absolute atomic E-state index is 0.0115. The van der Waals surface area contributed by atoms with E-state index in [1.54, 1.807) is 24.3 Å². The first-order valence-corrected chi connectivity index (χ1v) is 12.8. The van der Waals surface area contributed by atoms with Gasteiger partial charge in [0.05, 0.1) is 17.5 Å². The minimum Gasteiger partial charge on any atom is -0.348 e. The summed E-state index contributed by atoms with van der Waals surface area (Å²) in [5, 5.41) is 2.91. The van der Waals surface area contributed by atoms with Gasteiger partial charge in [-0.2, -0.15) is 4.31 Å². The summed E-state index contributed by atoms with van der Waals surface area (Å²) >= 11 is 0. The number of fused-ring (bicyclic) bond motifs is 1. The largest absolute Gasteiger partial charge is 0.348 e. The number of sulfonamides is 1. The lowest BCUT2D eigenvalue weighted by Gasteiger charge is -2.36. The predicted molar refractivity (Wildman–Crippen MR) is 127 cm³/mol. The van der Waals surface area contributed by atoms with Crippen molar-refractivity contribution in [3.8, 4) is 0 Å². The molecule has 0 bridgehead atoms. The predicted octanol–water partition coefficient (Wildman–Crippen LogP) is 3.32. The van der Waals surface area contributed by atoms with Crippen molar-refractivity contribution in [2.24, 2.45) is 0 Å². The number of nitrogens with one attached hydrogen (secondary N) is 1. The lowest BCUT2D eigenvalue weighted by molar-refractivity contribution is -0.117. The van der Waals surface area contributed by atoms with Crippen LogP contribution < -0.4 is 5.32 Å². The Kier molecular flexibility index (Phi) is 6.05. The Balaban J connectivity index is 1.33. The molecule has 2 aliphatic heterocycles. The van der Waals surface area contributed by atoms with Crippen molar-refractivity contribution in [1.82, 2.24) is 13.8 Å². The van der Waals surface area contributed by atoms with E-state index in [0.29, 0.717) is 18.8 Å². The Bertz CT molecular complexity index is 1230. The van der Waals surface area contributed by atoms with Crippen LogP contribution in [0.15, 0.2) is 77.8 Å². The molecule has 1 atom stereocenters. The van der Waals surface area contributed by atoms with Gasteiger partial charge in [0, 0.05) is 43.8 Å². The van der Waals surface area contributed by atoms with Crippen molar-refractivity contribution in [3.05, 3.63) is 84.2 Å². The Labute approximate surface area is 194 Å². The van der Waals surface area contributed by atoms with Gasteiger partial charge in [0.25, 0.3) is 0 Å². The summed E-state index contributed by atoms with van der Waals surface area (Å²) in [4.78, 5) is 15.4. The number of hydrogen-bond acceptors (Lipinski definition) is 4. The van der Waals surface area contributed by atoms with E-state index in [4.69, 9.17) is 0 Å². The van der Waals surface area contributed by atoms with Crippen LogP contribution in [0.25, 0.3) is 0 Å². The van der Waals surface area contributed by atoms with E-state index in [1.807, 2.05) is 24.3 Å². The maximum absolute atomic E-state index is 13.0. The quantitative estimate of drug-likeness (QED) is 0.607. The zero-order valence-electron chi connectivity index (χ0n) is 18.4. The fraction of sp³-hybridized carbons (Fsp3) is 0.320. The monoisotopic (exact) mass is 464 g/mol. The van der Waals surface area contributed by atoms with E-state index in [0.717, 1.165) is 31.5 Å². The molecule has 3 heterocycles. The van der Waals surface area contributed by atoms with E-state index in [1.165, 1.54) is 10.00 Å². The third kappa shape index (κ3) is 4.46. The summed E-state index contributed by atoms with van der Waals surface area (Å²) in [6, 6.07) is 20.9. The van der Waals surface area contributed by atoms with Gasteiger partial charge in [0.2, 0.25) is 15.9 Å². The van der Waals surface area contributed by atoms with Crippen molar-refractivity contribution in [3.63, 3.8) is 0 Å². The molecule has 1 aromatic heterocycles. The lowest BCUT2D eigenvalue weighted by Crippen LogP contribution is -2.42. The van der Waals surface area contributed by atoms with Crippen LogP contribution in [-0.2, 0) is 21.4 Å². The highest BCUT2D eigenvalue weighted by molar-refractivity contribution is 7.89. The Morgan fingerprint density at radius 1 is 0.909 bits per heavy atom. The molecule has 1 fully saturated rings. The standard InChI is InChI=1S/C25H28N4O3S/c30-24(26-21-10-6-11-22(18-21)33(31,32)29-14-4-5-15-29)19-28-17-16-27-13-7-12-23(27)25(28)20-8-2-1-3-9-20/h1-3,6-13,18,25H,4-5,14-17,19H2,(H,26,30). The SMILES string of the molecule is O=C(CN1CCn2cccc2C1c1ccccc1)Nc1cccc(S(=O)(=O)N2CCCC2)c1. The molecule has 0 aliphatic carbocycles. The summed E-state index contributed by atoms with van der Waals surface area (Å²) in [6.07, 6.45) is 3.85. The fourth-order valence-corrected chi connectivity index (χ4v) is 6.38. The number of carbonyl (C=O) groups excluding carboxylic acids is 1. The van der Waals surface area contributed by atoms with Crippen LogP contribution in [0.3, 0.4) is 0 Å². The molecule has 1 saturated heterocycles. The zero-order chi connectivity index (χ0) is 22.8. The van der Waals surface area contributed by atoms with Crippen LogP contribution in [0, 0.1) is 0 Å². The molecule has 2 aromatic carbocycles. The summed E-state index contributed by atoms with van der Waals surface area (Å²) in [6.45, 7) is 2.89. The summed E-state index contributed by atoms with van der Waals surface area (Å²) in [5.74, 6) is -0.161. The van der Waals surface area contributed by atoms with Gasteiger partial charge in [0.1, 0.15) is 0 Å².